The van der Waals surface area contributed by atoms with Gasteiger partial charge in [-0.3, -0.25) is 0 Å². The summed E-state index contributed by atoms with van der Waals surface area (Å²) in [6.45, 7) is -1.94. The molecule has 0 heterocycles. The Labute approximate surface area is 156 Å². The molecule has 3 aromatic rings. The van der Waals surface area contributed by atoms with E-state index in [2.05, 4.69) is 5.32 Å². The lowest BCUT2D eigenvalue weighted by Crippen LogP contribution is -2.15. The van der Waals surface area contributed by atoms with E-state index >= 15 is 0 Å². The van der Waals surface area contributed by atoms with E-state index in [0.717, 1.165) is 16.3 Å². The molecule has 0 spiro atoms. The zero-order valence-corrected chi connectivity index (χ0v) is 15.2. The predicted molar refractivity (Wildman–Crippen MR) is 101 cm³/mol. The summed E-state index contributed by atoms with van der Waals surface area (Å²) >= 11 is 0. The summed E-state index contributed by atoms with van der Waals surface area (Å²) in [5, 5.41) is 5.15. The number of benzene rings is 3. The number of ether oxygens (including phenoxy) is 3. The number of hydrogen-bond donors (Lipinski definition) is 1. The number of rotatable bonds is 8. The maximum atomic E-state index is 12.8. The average Bonchev–Trinajstić information content (AvgIpc) is 2.68. The minimum absolute atomic E-state index is 0.184. The third-order valence-electron chi connectivity index (χ3n) is 4.29. The second kappa shape index (κ2) is 8.68. The molecular weight excluding hydrogens is 352 g/mol. The third kappa shape index (κ3) is 4.46. The lowest BCUT2D eigenvalue weighted by atomic mass is 10.0. The predicted octanol–water partition coefficient (Wildman–Crippen LogP) is 4.75. The van der Waals surface area contributed by atoms with Crippen molar-refractivity contribution < 1.29 is 23.0 Å². The first-order valence-electron chi connectivity index (χ1n) is 8.49. The van der Waals surface area contributed by atoms with Crippen LogP contribution in [0.25, 0.3) is 10.8 Å². The number of nitrogens with one attached hydrogen (secondary N) is 1. The molecule has 6 heteroatoms. The molecule has 0 aliphatic carbocycles. The van der Waals surface area contributed by atoms with Crippen molar-refractivity contribution in [2.45, 2.75) is 19.7 Å². The first kappa shape index (κ1) is 18.9. The lowest BCUT2D eigenvalue weighted by molar-refractivity contribution is -0.0503. The summed E-state index contributed by atoms with van der Waals surface area (Å²) < 4.78 is 40.8. The smallest absolute Gasteiger partial charge is 0.387 e. The van der Waals surface area contributed by atoms with Crippen molar-refractivity contribution in [3.05, 3.63) is 65.7 Å². The highest BCUT2D eigenvalue weighted by Crippen LogP contribution is 2.30. The van der Waals surface area contributed by atoms with Gasteiger partial charge >= 0.3 is 6.61 Å². The van der Waals surface area contributed by atoms with Crippen molar-refractivity contribution in [2.75, 3.05) is 14.2 Å². The van der Waals surface area contributed by atoms with E-state index in [9.17, 15) is 8.78 Å². The van der Waals surface area contributed by atoms with Crippen LogP contribution in [0.3, 0.4) is 0 Å². The van der Waals surface area contributed by atoms with Gasteiger partial charge in [-0.15, -0.1) is 0 Å². The molecule has 0 aliphatic heterocycles. The minimum Gasteiger partial charge on any atom is -0.493 e. The molecule has 0 saturated carbocycles. The zero-order valence-electron chi connectivity index (χ0n) is 15.2. The van der Waals surface area contributed by atoms with Gasteiger partial charge in [0.05, 0.1) is 14.2 Å². The van der Waals surface area contributed by atoms with Crippen LogP contribution in [0, 0.1) is 0 Å². The van der Waals surface area contributed by atoms with Gasteiger partial charge in [0.1, 0.15) is 5.75 Å². The largest absolute Gasteiger partial charge is 0.493 e. The van der Waals surface area contributed by atoms with E-state index in [4.69, 9.17) is 14.2 Å². The van der Waals surface area contributed by atoms with E-state index in [0.29, 0.717) is 30.2 Å². The van der Waals surface area contributed by atoms with E-state index in [-0.39, 0.29) is 5.75 Å². The Bertz CT molecular complexity index is 915. The lowest BCUT2D eigenvalue weighted by Gasteiger charge is -2.15. The molecule has 0 unspecified atom stereocenters. The van der Waals surface area contributed by atoms with Crippen molar-refractivity contribution in [1.29, 1.82) is 0 Å². The summed E-state index contributed by atoms with van der Waals surface area (Å²) in [7, 11) is 3.17. The number of halogens is 2. The van der Waals surface area contributed by atoms with E-state index in [1.54, 1.807) is 26.4 Å². The SMILES string of the molecule is COc1ccc(CNCc2c(OC(F)F)ccc3ccccc23)cc1OC. The molecule has 0 atom stereocenters. The van der Waals surface area contributed by atoms with Crippen molar-refractivity contribution in [3.8, 4) is 17.2 Å². The van der Waals surface area contributed by atoms with Crippen LogP contribution in [0.2, 0.25) is 0 Å². The molecule has 3 rings (SSSR count). The number of hydrogen-bond acceptors (Lipinski definition) is 4. The summed E-state index contributed by atoms with van der Waals surface area (Å²) in [6, 6.07) is 16.6. The van der Waals surface area contributed by atoms with Gasteiger partial charge in [-0.25, -0.2) is 0 Å². The summed E-state index contributed by atoms with van der Waals surface area (Å²) in [4.78, 5) is 0. The summed E-state index contributed by atoms with van der Waals surface area (Å²) in [6.07, 6.45) is 0. The van der Waals surface area contributed by atoms with Crippen LogP contribution in [0.15, 0.2) is 54.6 Å². The van der Waals surface area contributed by atoms with Crippen molar-refractivity contribution in [3.63, 3.8) is 0 Å². The van der Waals surface area contributed by atoms with Crippen LogP contribution in [0.4, 0.5) is 8.78 Å². The fraction of sp³-hybridized carbons (Fsp3) is 0.238. The molecule has 142 valence electrons. The standard InChI is InChI=1S/C21H21F2NO3/c1-25-19-9-7-14(11-20(19)26-2)12-24-13-17-16-6-4-3-5-15(16)8-10-18(17)27-21(22)23/h3-11,21,24H,12-13H2,1-2H3. The Morgan fingerprint density at radius 1 is 0.852 bits per heavy atom. The molecule has 4 nitrogen and oxygen atoms in total. The van der Waals surface area contributed by atoms with Crippen LogP contribution in [0.1, 0.15) is 11.1 Å². The molecule has 0 radical (unpaired) electrons. The van der Waals surface area contributed by atoms with Gasteiger partial charge in [0.15, 0.2) is 11.5 Å². The van der Waals surface area contributed by atoms with Crippen LogP contribution >= 0.6 is 0 Å². The number of alkyl halides is 2. The van der Waals surface area contributed by atoms with Crippen LogP contribution in [-0.2, 0) is 13.1 Å². The molecule has 0 aliphatic rings. The van der Waals surface area contributed by atoms with E-state index in [1.165, 1.54) is 0 Å². The summed E-state index contributed by atoms with van der Waals surface area (Å²) in [5.41, 5.74) is 1.69. The van der Waals surface area contributed by atoms with Gasteiger partial charge in [0, 0.05) is 18.7 Å². The van der Waals surface area contributed by atoms with Gasteiger partial charge in [-0.1, -0.05) is 36.4 Å². The highest BCUT2D eigenvalue weighted by Gasteiger charge is 2.13. The van der Waals surface area contributed by atoms with Crippen molar-refractivity contribution in [1.82, 2.24) is 5.32 Å². The van der Waals surface area contributed by atoms with Gasteiger partial charge in [0.2, 0.25) is 0 Å². The molecule has 1 N–H and O–H groups in total. The van der Waals surface area contributed by atoms with Gasteiger partial charge in [-0.05, 0) is 34.5 Å². The Balaban J connectivity index is 1.80. The Morgan fingerprint density at radius 2 is 1.59 bits per heavy atom. The van der Waals surface area contributed by atoms with Crippen molar-refractivity contribution >= 4 is 10.8 Å². The second-order valence-corrected chi connectivity index (χ2v) is 5.93. The Hall–Kier alpha value is -2.86. The average molecular weight is 373 g/mol. The number of methoxy groups -OCH3 is 2. The molecule has 0 aromatic heterocycles. The second-order valence-electron chi connectivity index (χ2n) is 5.93. The van der Waals surface area contributed by atoms with E-state index < -0.39 is 6.61 Å². The normalized spacial score (nSPS) is 11.0. The monoisotopic (exact) mass is 373 g/mol. The zero-order chi connectivity index (χ0) is 19.2. The highest BCUT2D eigenvalue weighted by molar-refractivity contribution is 5.87. The maximum Gasteiger partial charge on any atom is 0.387 e. The molecule has 0 amide bonds. The quantitative estimate of drug-likeness (QED) is 0.619. The molecule has 0 bridgehead atoms. The highest BCUT2D eigenvalue weighted by atomic mass is 19.3. The fourth-order valence-electron chi connectivity index (χ4n) is 3.03. The molecule has 3 aromatic carbocycles. The minimum atomic E-state index is -2.87. The molecule has 0 fully saturated rings. The van der Waals surface area contributed by atoms with Crippen LogP contribution in [-0.4, -0.2) is 20.8 Å². The Kier molecular flexibility index (Phi) is 6.08. The van der Waals surface area contributed by atoms with Gasteiger partial charge in [0.25, 0.3) is 0 Å². The number of fused-ring (bicyclic) bond motifs is 1. The van der Waals surface area contributed by atoms with Gasteiger partial charge < -0.3 is 19.5 Å². The molecule has 0 saturated heterocycles. The summed E-state index contributed by atoms with van der Waals surface area (Å²) in [5.74, 6) is 1.48. The van der Waals surface area contributed by atoms with Crippen LogP contribution in [0.5, 0.6) is 17.2 Å². The fourth-order valence-corrected chi connectivity index (χ4v) is 3.03. The first-order chi connectivity index (χ1) is 13.1. The Morgan fingerprint density at radius 3 is 2.33 bits per heavy atom. The third-order valence-corrected chi connectivity index (χ3v) is 4.29. The van der Waals surface area contributed by atoms with E-state index in [1.807, 2.05) is 42.5 Å². The van der Waals surface area contributed by atoms with Gasteiger partial charge in [-0.2, -0.15) is 8.78 Å². The van der Waals surface area contributed by atoms with Crippen LogP contribution < -0.4 is 19.5 Å². The molecule has 27 heavy (non-hydrogen) atoms. The topological polar surface area (TPSA) is 39.7 Å². The maximum absolute atomic E-state index is 12.8. The van der Waals surface area contributed by atoms with Crippen molar-refractivity contribution in [2.24, 2.45) is 0 Å². The first-order valence-corrected chi connectivity index (χ1v) is 8.49. The molecular formula is C21H21F2NO3.